The Bertz CT molecular complexity index is 208. The second-order valence-electron chi connectivity index (χ2n) is 2.72. The molecule has 1 saturated heterocycles. The lowest BCUT2D eigenvalue weighted by Gasteiger charge is -2.22. The molecule has 80 valence electrons. The van der Waals surface area contributed by atoms with Gasteiger partial charge in [-0.2, -0.15) is 0 Å². The first kappa shape index (κ1) is 10.9. The van der Waals surface area contributed by atoms with Crippen molar-refractivity contribution in [3.8, 4) is 0 Å². The maximum absolute atomic E-state index is 11.0. The zero-order valence-corrected chi connectivity index (χ0v) is 7.86. The summed E-state index contributed by atoms with van der Waals surface area (Å²) in [5.74, 6) is -1.25. The molecule has 0 amide bonds. The topological polar surface area (TPSA) is 71.1 Å². The fraction of sp³-hybridized carbons (Fsp3) is 0.750. The molecule has 0 unspecified atom stereocenters. The third-order valence-electron chi connectivity index (χ3n) is 1.59. The minimum Gasteiger partial charge on any atom is -0.469 e. The van der Waals surface area contributed by atoms with Crippen LogP contribution in [0.4, 0.5) is 0 Å². The van der Waals surface area contributed by atoms with Crippen molar-refractivity contribution in [2.45, 2.75) is 12.5 Å². The Morgan fingerprint density at radius 3 is 2.50 bits per heavy atom. The zero-order chi connectivity index (χ0) is 10.4. The lowest BCUT2D eigenvalue weighted by molar-refractivity contribution is -0.184. The molecule has 0 atom stereocenters. The van der Waals surface area contributed by atoms with Crippen molar-refractivity contribution in [1.29, 1.82) is 0 Å². The van der Waals surface area contributed by atoms with Gasteiger partial charge in [-0.25, -0.2) is 0 Å². The van der Waals surface area contributed by atoms with Crippen LogP contribution in [0.1, 0.15) is 6.42 Å². The molecule has 0 aliphatic carbocycles. The van der Waals surface area contributed by atoms with Gasteiger partial charge in [0.1, 0.15) is 19.3 Å². The minimum atomic E-state index is -0.629. The van der Waals surface area contributed by atoms with Crippen molar-refractivity contribution in [3.05, 3.63) is 0 Å². The van der Waals surface area contributed by atoms with Crippen LogP contribution in [-0.4, -0.2) is 45.2 Å². The quantitative estimate of drug-likeness (QED) is 0.454. The van der Waals surface area contributed by atoms with Gasteiger partial charge in [0.05, 0.1) is 20.3 Å². The van der Waals surface area contributed by atoms with E-state index in [1.54, 1.807) is 0 Å². The van der Waals surface area contributed by atoms with Gasteiger partial charge in [0.25, 0.3) is 0 Å². The molecule has 0 aromatic heterocycles. The van der Waals surface area contributed by atoms with Gasteiger partial charge in [-0.3, -0.25) is 9.59 Å². The molecule has 1 aliphatic rings. The van der Waals surface area contributed by atoms with Gasteiger partial charge in [0.2, 0.25) is 0 Å². The predicted octanol–water partition coefficient (Wildman–Crippen LogP) is -0.534. The van der Waals surface area contributed by atoms with Gasteiger partial charge in [-0.15, -0.1) is 0 Å². The monoisotopic (exact) mass is 204 g/mol. The van der Waals surface area contributed by atoms with E-state index < -0.39 is 18.0 Å². The Hall–Kier alpha value is -1.14. The number of carbonyl (C=O) groups is 2. The molecule has 14 heavy (non-hydrogen) atoms. The van der Waals surface area contributed by atoms with Crippen LogP contribution in [-0.2, 0) is 28.5 Å². The normalized spacial score (nSPS) is 17.5. The molecule has 0 aromatic rings. The van der Waals surface area contributed by atoms with E-state index in [0.717, 1.165) is 0 Å². The smallest absolute Gasteiger partial charge is 0.317 e. The van der Waals surface area contributed by atoms with Gasteiger partial charge in [-0.05, 0) is 0 Å². The van der Waals surface area contributed by atoms with Crippen molar-refractivity contribution >= 4 is 11.9 Å². The Morgan fingerprint density at radius 2 is 1.93 bits per heavy atom. The molecule has 1 fully saturated rings. The lowest BCUT2D eigenvalue weighted by Crippen LogP contribution is -2.34. The summed E-state index contributed by atoms with van der Waals surface area (Å²) in [6.07, 6.45) is -0.812. The summed E-state index contributed by atoms with van der Waals surface area (Å²) in [6.45, 7) is 0.810. The Morgan fingerprint density at radius 1 is 1.29 bits per heavy atom. The van der Waals surface area contributed by atoms with Gasteiger partial charge in [0, 0.05) is 0 Å². The van der Waals surface area contributed by atoms with Gasteiger partial charge in [-0.1, -0.05) is 0 Å². The minimum absolute atomic E-state index is 0.213. The van der Waals surface area contributed by atoms with Crippen LogP contribution in [0, 0.1) is 0 Å². The molecule has 0 aromatic carbocycles. The largest absolute Gasteiger partial charge is 0.469 e. The fourth-order valence-electron chi connectivity index (χ4n) is 0.952. The summed E-state index contributed by atoms with van der Waals surface area (Å²) in [7, 11) is 1.21. The molecule has 0 saturated carbocycles. The summed E-state index contributed by atoms with van der Waals surface area (Å²) >= 11 is 0. The first-order valence-electron chi connectivity index (χ1n) is 4.14. The molecule has 6 heteroatoms. The van der Waals surface area contributed by atoms with E-state index in [-0.39, 0.29) is 13.2 Å². The number of hydrogen-bond donors (Lipinski definition) is 0. The molecule has 1 heterocycles. The molecule has 1 rings (SSSR count). The average Bonchev–Trinajstić information content (AvgIpc) is 2.19. The second-order valence-corrected chi connectivity index (χ2v) is 2.72. The number of hydrogen-bond acceptors (Lipinski definition) is 6. The van der Waals surface area contributed by atoms with Crippen molar-refractivity contribution in [2.24, 2.45) is 0 Å². The van der Waals surface area contributed by atoms with Crippen LogP contribution in [0.25, 0.3) is 0 Å². The molecule has 0 N–H and O–H groups in total. The summed E-state index contributed by atoms with van der Waals surface area (Å²) in [5, 5.41) is 0. The van der Waals surface area contributed by atoms with E-state index in [2.05, 4.69) is 4.74 Å². The standard InChI is InChI=1S/C8H12O6/c1-11-7(9)2-8(10)14-6-3-12-5-13-4-6/h6H,2-5H2,1H3. The maximum atomic E-state index is 11.0. The first-order chi connectivity index (χ1) is 6.72. The summed E-state index contributed by atoms with van der Waals surface area (Å²) in [5.41, 5.74) is 0. The molecule has 6 nitrogen and oxygen atoms in total. The lowest BCUT2D eigenvalue weighted by atomic mass is 10.3. The molecule has 0 spiro atoms. The number of carbonyl (C=O) groups excluding carboxylic acids is 2. The van der Waals surface area contributed by atoms with Crippen LogP contribution in [0.5, 0.6) is 0 Å². The Labute approximate surface area is 81.1 Å². The Balaban J connectivity index is 2.21. The zero-order valence-electron chi connectivity index (χ0n) is 7.86. The number of methoxy groups -OCH3 is 1. The Kier molecular flexibility index (Phi) is 4.34. The van der Waals surface area contributed by atoms with Crippen molar-refractivity contribution in [2.75, 3.05) is 27.1 Å². The number of ether oxygens (including phenoxy) is 4. The second kappa shape index (κ2) is 5.56. The molecule has 1 aliphatic heterocycles. The summed E-state index contributed by atoms with van der Waals surface area (Å²) < 4.78 is 19.0. The number of esters is 2. The van der Waals surface area contributed by atoms with Gasteiger partial charge < -0.3 is 18.9 Å². The highest BCUT2D eigenvalue weighted by Crippen LogP contribution is 2.03. The third-order valence-corrected chi connectivity index (χ3v) is 1.59. The van der Waals surface area contributed by atoms with E-state index in [1.807, 2.05) is 0 Å². The summed E-state index contributed by atoms with van der Waals surface area (Å²) in [4.78, 5) is 21.7. The SMILES string of the molecule is COC(=O)CC(=O)OC1COCOC1. The van der Waals surface area contributed by atoms with Crippen molar-refractivity contribution < 1.29 is 28.5 Å². The molecule has 0 radical (unpaired) electrons. The molecular formula is C8H12O6. The van der Waals surface area contributed by atoms with Crippen LogP contribution in [0.15, 0.2) is 0 Å². The van der Waals surface area contributed by atoms with E-state index in [9.17, 15) is 9.59 Å². The third kappa shape index (κ3) is 3.71. The first-order valence-corrected chi connectivity index (χ1v) is 4.14. The van der Waals surface area contributed by atoms with Crippen LogP contribution in [0.2, 0.25) is 0 Å². The van der Waals surface area contributed by atoms with Gasteiger partial charge in [0.15, 0.2) is 0 Å². The highest BCUT2D eigenvalue weighted by molar-refractivity contribution is 5.91. The van der Waals surface area contributed by atoms with Gasteiger partial charge >= 0.3 is 11.9 Å². The highest BCUT2D eigenvalue weighted by Gasteiger charge is 2.20. The number of rotatable bonds is 3. The predicted molar refractivity (Wildman–Crippen MR) is 43.3 cm³/mol. The van der Waals surface area contributed by atoms with Crippen molar-refractivity contribution in [3.63, 3.8) is 0 Å². The van der Waals surface area contributed by atoms with E-state index >= 15 is 0 Å². The van der Waals surface area contributed by atoms with E-state index in [1.165, 1.54) is 7.11 Å². The van der Waals surface area contributed by atoms with Crippen molar-refractivity contribution in [1.82, 2.24) is 0 Å². The fourth-order valence-corrected chi connectivity index (χ4v) is 0.952. The maximum Gasteiger partial charge on any atom is 0.317 e. The van der Waals surface area contributed by atoms with E-state index in [4.69, 9.17) is 14.2 Å². The van der Waals surface area contributed by atoms with E-state index in [0.29, 0.717) is 13.2 Å². The molecular weight excluding hydrogens is 192 g/mol. The summed E-state index contributed by atoms with van der Waals surface area (Å²) in [6, 6.07) is 0. The van der Waals surface area contributed by atoms with Crippen LogP contribution >= 0.6 is 0 Å². The van der Waals surface area contributed by atoms with Crippen LogP contribution < -0.4 is 0 Å². The average molecular weight is 204 g/mol. The van der Waals surface area contributed by atoms with Crippen LogP contribution in [0.3, 0.4) is 0 Å². The highest BCUT2D eigenvalue weighted by atomic mass is 16.7. The molecule has 0 bridgehead atoms.